The van der Waals surface area contributed by atoms with Crippen molar-refractivity contribution in [1.29, 1.82) is 0 Å². The summed E-state index contributed by atoms with van der Waals surface area (Å²) >= 11 is 7.12. The lowest BCUT2D eigenvalue weighted by atomic mass is 10.1. The van der Waals surface area contributed by atoms with Crippen molar-refractivity contribution in [2.24, 2.45) is 0 Å². The van der Waals surface area contributed by atoms with E-state index in [0.717, 1.165) is 11.1 Å². The van der Waals surface area contributed by atoms with Crippen molar-refractivity contribution in [1.82, 2.24) is 4.90 Å². The van der Waals surface area contributed by atoms with Gasteiger partial charge in [0.25, 0.3) is 5.91 Å². The summed E-state index contributed by atoms with van der Waals surface area (Å²) in [6, 6.07) is 11.1. The third-order valence-electron chi connectivity index (χ3n) is 2.79. The van der Waals surface area contributed by atoms with Gasteiger partial charge < -0.3 is 10.0 Å². The summed E-state index contributed by atoms with van der Waals surface area (Å²) in [7, 11) is 1.75. The van der Waals surface area contributed by atoms with Crippen molar-refractivity contribution in [3.63, 3.8) is 0 Å². The summed E-state index contributed by atoms with van der Waals surface area (Å²) in [5, 5.41) is 8.71. The molecule has 1 aromatic heterocycles. The molecule has 5 heteroatoms. The SMILES string of the molecule is CN(Cc1cccc(C#CCO)c1)C(=O)c1ccc(Cl)s1. The molecule has 1 amide bonds. The third kappa shape index (κ3) is 4.33. The zero-order valence-corrected chi connectivity index (χ0v) is 13.0. The Kier molecular flexibility index (Phi) is 5.40. The normalized spacial score (nSPS) is 9.86. The van der Waals surface area contributed by atoms with Crippen LogP contribution >= 0.6 is 22.9 Å². The Hall–Kier alpha value is -1.80. The monoisotopic (exact) mass is 319 g/mol. The Morgan fingerprint density at radius 2 is 2.19 bits per heavy atom. The molecule has 0 aliphatic heterocycles. The average molecular weight is 320 g/mol. The van der Waals surface area contributed by atoms with Crippen LogP contribution in [0.4, 0.5) is 0 Å². The maximum atomic E-state index is 12.2. The zero-order valence-electron chi connectivity index (χ0n) is 11.5. The van der Waals surface area contributed by atoms with Crippen LogP contribution in [0.5, 0.6) is 0 Å². The second kappa shape index (κ2) is 7.28. The van der Waals surface area contributed by atoms with E-state index in [9.17, 15) is 4.79 Å². The van der Waals surface area contributed by atoms with E-state index in [1.165, 1.54) is 11.3 Å². The van der Waals surface area contributed by atoms with Crippen LogP contribution in [0.15, 0.2) is 36.4 Å². The number of benzene rings is 1. The lowest BCUT2D eigenvalue weighted by Gasteiger charge is -2.16. The number of aliphatic hydroxyl groups excluding tert-OH is 1. The first-order valence-corrected chi connectivity index (χ1v) is 7.49. The number of hydrogen-bond donors (Lipinski definition) is 1. The van der Waals surface area contributed by atoms with Crippen molar-refractivity contribution in [2.45, 2.75) is 6.54 Å². The highest BCUT2D eigenvalue weighted by atomic mass is 35.5. The highest BCUT2D eigenvalue weighted by molar-refractivity contribution is 7.17. The molecule has 0 saturated carbocycles. The quantitative estimate of drug-likeness (QED) is 0.883. The van der Waals surface area contributed by atoms with Gasteiger partial charge in [0.05, 0.1) is 9.21 Å². The van der Waals surface area contributed by atoms with Crippen molar-refractivity contribution in [3.8, 4) is 11.8 Å². The molecule has 0 aliphatic rings. The zero-order chi connectivity index (χ0) is 15.2. The minimum Gasteiger partial charge on any atom is -0.384 e. The number of carbonyl (C=O) groups excluding carboxylic acids is 1. The van der Waals surface area contributed by atoms with Crippen molar-refractivity contribution < 1.29 is 9.90 Å². The molecule has 0 unspecified atom stereocenters. The maximum absolute atomic E-state index is 12.2. The average Bonchev–Trinajstić information content (AvgIpc) is 2.91. The summed E-state index contributed by atoms with van der Waals surface area (Å²) in [4.78, 5) is 14.5. The predicted octanol–water partition coefficient (Wildman–Crippen LogP) is 3.02. The van der Waals surface area contributed by atoms with Gasteiger partial charge in [-0.05, 0) is 29.8 Å². The van der Waals surface area contributed by atoms with E-state index in [1.807, 2.05) is 24.3 Å². The highest BCUT2D eigenvalue weighted by Gasteiger charge is 2.14. The third-order valence-corrected chi connectivity index (χ3v) is 4.01. The Balaban J connectivity index is 2.08. The molecule has 21 heavy (non-hydrogen) atoms. The van der Waals surface area contributed by atoms with Crippen LogP contribution in [-0.2, 0) is 6.54 Å². The summed E-state index contributed by atoms with van der Waals surface area (Å²) < 4.78 is 0.605. The molecule has 1 heterocycles. The number of halogens is 1. The van der Waals surface area contributed by atoms with Crippen LogP contribution in [-0.4, -0.2) is 29.6 Å². The minimum absolute atomic E-state index is 0.0567. The van der Waals surface area contributed by atoms with Crippen molar-refractivity contribution >= 4 is 28.8 Å². The van der Waals surface area contributed by atoms with Gasteiger partial charge in [-0.2, -0.15) is 0 Å². The molecule has 0 bridgehead atoms. The number of amides is 1. The Morgan fingerprint density at radius 3 is 2.86 bits per heavy atom. The topological polar surface area (TPSA) is 40.5 Å². The summed E-state index contributed by atoms with van der Waals surface area (Å²) in [5.41, 5.74) is 1.81. The van der Waals surface area contributed by atoms with Gasteiger partial charge in [0.2, 0.25) is 0 Å². The number of rotatable bonds is 3. The molecule has 0 atom stereocenters. The van der Waals surface area contributed by atoms with Gasteiger partial charge in [-0.25, -0.2) is 0 Å². The molecule has 0 fully saturated rings. The lowest BCUT2D eigenvalue weighted by molar-refractivity contribution is 0.0790. The van der Waals surface area contributed by atoms with Gasteiger partial charge >= 0.3 is 0 Å². The molecule has 108 valence electrons. The first-order chi connectivity index (χ1) is 10.1. The summed E-state index contributed by atoms with van der Waals surface area (Å²) in [5.74, 6) is 5.41. The smallest absolute Gasteiger partial charge is 0.264 e. The molecule has 0 saturated heterocycles. The van der Waals surface area contributed by atoms with Gasteiger partial charge in [-0.1, -0.05) is 35.6 Å². The number of thiophene rings is 1. The van der Waals surface area contributed by atoms with Crippen LogP contribution in [0.1, 0.15) is 20.8 Å². The molecule has 3 nitrogen and oxygen atoms in total. The largest absolute Gasteiger partial charge is 0.384 e. The molecule has 1 aromatic carbocycles. The Bertz CT molecular complexity index is 700. The Morgan fingerprint density at radius 1 is 1.38 bits per heavy atom. The van der Waals surface area contributed by atoms with Gasteiger partial charge in [-0.15, -0.1) is 11.3 Å². The number of carbonyl (C=O) groups is 1. The van der Waals surface area contributed by atoms with E-state index in [0.29, 0.717) is 15.8 Å². The van der Waals surface area contributed by atoms with Gasteiger partial charge in [0, 0.05) is 19.2 Å². The van der Waals surface area contributed by atoms with Crippen LogP contribution in [0, 0.1) is 11.8 Å². The van der Waals surface area contributed by atoms with Crippen LogP contribution < -0.4 is 0 Å². The number of nitrogens with zero attached hydrogens (tertiary/aromatic N) is 1. The van der Waals surface area contributed by atoms with E-state index in [2.05, 4.69) is 11.8 Å². The van der Waals surface area contributed by atoms with Crippen molar-refractivity contribution in [2.75, 3.05) is 13.7 Å². The van der Waals surface area contributed by atoms with E-state index in [4.69, 9.17) is 16.7 Å². The standard InChI is InChI=1S/C16H14ClNO2S/c1-18(16(20)14-7-8-15(17)21-14)11-13-5-2-4-12(10-13)6-3-9-19/h2,4-5,7-8,10,19H,9,11H2,1H3. The van der Waals surface area contributed by atoms with Gasteiger partial charge in [0.1, 0.15) is 6.61 Å². The minimum atomic E-state index is -0.165. The van der Waals surface area contributed by atoms with E-state index < -0.39 is 0 Å². The Labute approximate surface area is 132 Å². The van der Waals surface area contributed by atoms with Crippen molar-refractivity contribution in [3.05, 3.63) is 56.7 Å². The van der Waals surface area contributed by atoms with Crippen LogP contribution in [0.3, 0.4) is 0 Å². The fraction of sp³-hybridized carbons (Fsp3) is 0.188. The molecule has 0 spiro atoms. The highest BCUT2D eigenvalue weighted by Crippen LogP contribution is 2.23. The van der Waals surface area contributed by atoms with E-state index in [1.54, 1.807) is 24.1 Å². The van der Waals surface area contributed by atoms with E-state index in [-0.39, 0.29) is 12.5 Å². The maximum Gasteiger partial charge on any atom is 0.264 e. The molecule has 0 radical (unpaired) electrons. The van der Waals surface area contributed by atoms with Gasteiger partial charge in [0.15, 0.2) is 0 Å². The second-order valence-corrected chi connectivity index (χ2v) is 6.14. The lowest BCUT2D eigenvalue weighted by Crippen LogP contribution is -2.25. The van der Waals surface area contributed by atoms with E-state index >= 15 is 0 Å². The molecule has 2 aromatic rings. The summed E-state index contributed by atoms with van der Waals surface area (Å²) in [6.45, 7) is 0.324. The molecule has 1 N–H and O–H groups in total. The first kappa shape index (κ1) is 15.6. The number of hydrogen-bond acceptors (Lipinski definition) is 3. The fourth-order valence-corrected chi connectivity index (χ4v) is 2.89. The molecule has 2 rings (SSSR count). The number of aliphatic hydroxyl groups is 1. The second-order valence-electron chi connectivity index (χ2n) is 4.43. The van der Waals surface area contributed by atoms with Crippen LogP contribution in [0.2, 0.25) is 4.34 Å². The first-order valence-electron chi connectivity index (χ1n) is 6.29. The predicted molar refractivity (Wildman–Crippen MR) is 85.5 cm³/mol. The summed E-state index contributed by atoms with van der Waals surface area (Å²) in [6.07, 6.45) is 0. The molecule has 0 aliphatic carbocycles. The van der Waals surface area contributed by atoms with Crippen LogP contribution in [0.25, 0.3) is 0 Å². The molecular weight excluding hydrogens is 306 g/mol. The molecular formula is C16H14ClNO2S. The van der Waals surface area contributed by atoms with Gasteiger partial charge in [-0.3, -0.25) is 4.79 Å². The fourth-order valence-electron chi connectivity index (χ4n) is 1.85.